The first kappa shape index (κ1) is 23.3. The molecular weight excluding hydrogens is 412 g/mol. The predicted octanol–water partition coefficient (Wildman–Crippen LogP) is 3.74. The second kappa shape index (κ2) is 10.3. The molecule has 1 aliphatic heterocycles. The number of rotatable bonds is 8. The summed E-state index contributed by atoms with van der Waals surface area (Å²) in [4.78, 5) is 14.6. The molecule has 1 heterocycles. The van der Waals surface area contributed by atoms with Crippen molar-refractivity contribution in [1.82, 2.24) is 9.62 Å². The topological polar surface area (TPSA) is 75.7 Å². The Morgan fingerprint density at radius 1 is 1.03 bits per heavy atom. The SMILES string of the molecule is Cc1ccc(OCCCC(=O)N2CCC(NS(=O)(=O)c3ccc(C)cc3C)CC2)cc1. The number of aryl methyl sites for hydroxylation is 3. The quantitative estimate of drug-likeness (QED) is 0.630. The van der Waals surface area contributed by atoms with Gasteiger partial charge in [0.15, 0.2) is 0 Å². The first-order valence-corrected chi connectivity index (χ1v) is 12.3. The maximum Gasteiger partial charge on any atom is 0.241 e. The zero-order valence-electron chi connectivity index (χ0n) is 18.6. The molecule has 0 radical (unpaired) electrons. The third kappa shape index (κ3) is 6.55. The Morgan fingerprint density at radius 3 is 2.32 bits per heavy atom. The first-order chi connectivity index (χ1) is 14.7. The average Bonchev–Trinajstić information content (AvgIpc) is 2.72. The van der Waals surface area contributed by atoms with Crippen molar-refractivity contribution in [1.29, 1.82) is 0 Å². The lowest BCUT2D eigenvalue weighted by atomic mass is 10.1. The summed E-state index contributed by atoms with van der Waals surface area (Å²) in [7, 11) is -3.56. The summed E-state index contributed by atoms with van der Waals surface area (Å²) in [5, 5.41) is 0. The van der Waals surface area contributed by atoms with Crippen LogP contribution in [0.5, 0.6) is 5.75 Å². The van der Waals surface area contributed by atoms with Gasteiger partial charge in [-0.25, -0.2) is 13.1 Å². The second-order valence-electron chi connectivity index (χ2n) is 8.31. The Kier molecular flexibility index (Phi) is 7.73. The number of nitrogens with one attached hydrogen (secondary N) is 1. The Bertz CT molecular complexity index is 995. The van der Waals surface area contributed by atoms with E-state index in [1.54, 1.807) is 6.07 Å². The van der Waals surface area contributed by atoms with E-state index in [0.29, 0.717) is 50.3 Å². The fourth-order valence-corrected chi connectivity index (χ4v) is 5.37. The van der Waals surface area contributed by atoms with E-state index in [9.17, 15) is 13.2 Å². The van der Waals surface area contributed by atoms with Crippen molar-refractivity contribution in [2.24, 2.45) is 0 Å². The van der Waals surface area contributed by atoms with E-state index in [0.717, 1.165) is 16.9 Å². The fraction of sp³-hybridized carbons (Fsp3) is 0.458. The van der Waals surface area contributed by atoms with Gasteiger partial charge in [-0.1, -0.05) is 35.4 Å². The van der Waals surface area contributed by atoms with Gasteiger partial charge in [0.1, 0.15) is 5.75 Å². The van der Waals surface area contributed by atoms with Crippen LogP contribution in [0.2, 0.25) is 0 Å². The molecule has 3 rings (SSSR count). The summed E-state index contributed by atoms with van der Waals surface area (Å²) in [5.41, 5.74) is 2.96. The number of ether oxygens (including phenoxy) is 1. The lowest BCUT2D eigenvalue weighted by Gasteiger charge is -2.32. The van der Waals surface area contributed by atoms with Crippen LogP contribution >= 0.6 is 0 Å². The Labute approximate surface area is 185 Å². The molecule has 2 aromatic carbocycles. The average molecular weight is 445 g/mol. The standard InChI is InChI=1S/C24H32N2O4S/c1-18-6-9-22(10-7-18)30-16-4-5-24(27)26-14-12-21(13-15-26)25-31(28,29)23-11-8-19(2)17-20(23)3/h6-11,17,21,25H,4-5,12-16H2,1-3H3. The highest BCUT2D eigenvalue weighted by Gasteiger charge is 2.27. The number of hydrogen-bond acceptors (Lipinski definition) is 4. The van der Waals surface area contributed by atoms with Crippen LogP contribution in [-0.2, 0) is 14.8 Å². The van der Waals surface area contributed by atoms with E-state index in [4.69, 9.17) is 4.74 Å². The van der Waals surface area contributed by atoms with Crippen molar-refractivity contribution in [3.63, 3.8) is 0 Å². The normalized spacial score (nSPS) is 15.1. The number of sulfonamides is 1. The Balaban J connectivity index is 1.41. The van der Waals surface area contributed by atoms with Gasteiger partial charge in [-0.05, 0) is 63.8 Å². The molecule has 31 heavy (non-hydrogen) atoms. The number of amides is 1. The van der Waals surface area contributed by atoms with Gasteiger partial charge in [0.25, 0.3) is 0 Å². The van der Waals surface area contributed by atoms with Crippen molar-refractivity contribution < 1.29 is 17.9 Å². The van der Waals surface area contributed by atoms with Gasteiger partial charge in [-0.15, -0.1) is 0 Å². The van der Waals surface area contributed by atoms with Crippen LogP contribution in [0, 0.1) is 20.8 Å². The molecule has 0 atom stereocenters. The molecule has 2 aromatic rings. The number of hydrogen-bond donors (Lipinski definition) is 1. The highest BCUT2D eigenvalue weighted by molar-refractivity contribution is 7.89. The molecule has 168 valence electrons. The minimum Gasteiger partial charge on any atom is -0.494 e. The minimum atomic E-state index is -3.56. The third-order valence-corrected chi connectivity index (χ3v) is 7.29. The van der Waals surface area contributed by atoms with Crippen molar-refractivity contribution in [2.45, 2.75) is 57.4 Å². The molecule has 0 aromatic heterocycles. The maximum absolute atomic E-state index is 12.8. The maximum atomic E-state index is 12.8. The number of carbonyl (C=O) groups is 1. The molecule has 0 spiro atoms. The van der Waals surface area contributed by atoms with Gasteiger partial charge in [0.05, 0.1) is 11.5 Å². The van der Waals surface area contributed by atoms with Gasteiger partial charge in [-0.3, -0.25) is 4.79 Å². The summed E-state index contributed by atoms with van der Waals surface area (Å²) in [5.74, 6) is 0.915. The molecule has 1 amide bonds. The number of likely N-dealkylation sites (tertiary alicyclic amines) is 1. The summed E-state index contributed by atoms with van der Waals surface area (Å²) in [6.07, 6.45) is 2.34. The Morgan fingerprint density at radius 2 is 1.68 bits per heavy atom. The van der Waals surface area contributed by atoms with Gasteiger partial charge in [0, 0.05) is 25.6 Å². The van der Waals surface area contributed by atoms with Crippen molar-refractivity contribution in [2.75, 3.05) is 19.7 Å². The van der Waals surface area contributed by atoms with Crippen LogP contribution < -0.4 is 9.46 Å². The van der Waals surface area contributed by atoms with E-state index in [1.807, 2.05) is 62.1 Å². The molecule has 7 heteroatoms. The largest absolute Gasteiger partial charge is 0.494 e. The van der Waals surface area contributed by atoms with Crippen molar-refractivity contribution >= 4 is 15.9 Å². The molecule has 1 saturated heterocycles. The highest BCUT2D eigenvalue weighted by Crippen LogP contribution is 2.20. The highest BCUT2D eigenvalue weighted by atomic mass is 32.2. The molecule has 0 aliphatic carbocycles. The number of benzene rings is 2. The van der Waals surface area contributed by atoms with Crippen LogP contribution in [0.25, 0.3) is 0 Å². The molecule has 1 aliphatic rings. The summed E-state index contributed by atoms with van der Waals surface area (Å²) in [6.45, 7) is 7.42. The number of nitrogens with zero attached hydrogens (tertiary/aromatic N) is 1. The van der Waals surface area contributed by atoms with Gasteiger partial charge in [-0.2, -0.15) is 0 Å². The summed E-state index contributed by atoms with van der Waals surface area (Å²) in [6, 6.07) is 13.0. The van der Waals surface area contributed by atoms with E-state index in [-0.39, 0.29) is 11.9 Å². The van der Waals surface area contributed by atoms with Gasteiger partial charge >= 0.3 is 0 Å². The molecule has 0 saturated carbocycles. The van der Waals surface area contributed by atoms with E-state index in [1.165, 1.54) is 5.56 Å². The van der Waals surface area contributed by atoms with E-state index >= 15 is 0 Å². The van der Waals surface area contributed by atoms with Crippen LogP contribution in [0.3, 0.4) is 0 Å². The predicted molar refractivity (Wildman–Crippen MR) is 122 cm³/mol. The number of carbonyl (C=O) groups excluding carboxylic acids is 1. The summed E-state index contributed by atoms with van der Waals surface area (Å²) < 4.78 is 34.0. The smallest absolute Gasteiger partial charge is 0.241 e. The van der Waals surface area contributed by atoms with Crippen LogP contribution in [-0.4, -0.2) is 45.0 Å². The third-order valence-electron chi connectivity index (χ3n) is 5.61. The lowest BCUT2D eigenvalue weighted by molar-refractivity contribution is -0.132. The van der Waals surface area contributed by atoms with Crippen LogP contribution in [0.1, 0.15) is 42.4 Å². The molecule has 1 N–H and O–H groups in total. The second-order valence-corrected chi connectivity index (χ2v) is 9.99. The van der Waals surface area contributed by atoms with Crippen molar-refractivity contribution in [3.8, 4) is 5.75 Å². The van der Waals surface area contributed by atoms with Crippen LogP contribution in [0.4, 0.5) is 0 Å². The molecule has 0 bridgehead atoms. The Hall–Kier alpha value is -2.38. The van der Waals surface area contributed by atoms with Gasteiger partial charge < -0.3 is 9.64 Å². The van der Waals surface area contributed by atoms with E-state index in [2.05, 4.69) is 4.72 Å². The minimum absolute atomic E-state index is 0.100. The van der Waals surface area contributed by atoms with E-state index < -0.39 is 10.0 Å². The molecule has 6 nitrogen and oxygen atoms in total. The molecular formula is C24H32N2O4S. The number of piperidine rings is 1. The fourth-order valence-electron chi connectivity index (χ4n) is 3.84. The zero-order valence-corrected chi connectivity index (χ0v) is 19.4. The molecule has 1 fully saturated rings. The van der Waals surface area contributed by atoms with Gasteiger partial charge in [0.2, 0.25) is 15.9 Å². The van der Waals surface area contributed by atoms with Crippen LogP contribution in [0.15, 0.2) is 47.4 Å². The zero-order chi connectivity index (χ0) is 22.4. The van der Waals surface area contributed by atoms with Crippen molar-refractivity contribution in [3.05, 3.63) is 59.2 Å². The lowest BCUT2D eigenvalue weighted by Crippen LogP contribution is -2.46. The monoisotopic (exact) mass is 444 g/mol. The first-order valence-electron chi connectivity index (χ1n) is 10.8. The molecule has 0 unspecified atom stereocenters. The summed E-state index contributed by atoms with van der Waals surface area (Å²) >= 11 is 0.